The Balaban J connectivity index is 1.83. The largest absolute Gasteiger partial charge is 0.496 e. The van der Waals surface area contributed by atoms with Crippen molar-refractivity contribution in [1.29, 1.82) is 0 Å². The van der Waals surface area contributed by atoms with Crippen LogP contribution in [0.25, 0.3) is 11.3 Å². The Morgan fingerprint density at radius 2 is 1.96 bits per heavy atom. The van der Waals surface area contributed by atoms with E-state index in [1.54, 1.807) is 18.1 Å². The van der Waals surface area contributed by atoms with Crippen LogP contribution in [0.1, 0.15) is 24.3 Å². The minimum absolute atomic E-state index is 0.0169. The summed E-state index contributed by atoms with van der Waals surface area (Å²) < 4.78 is 16.3. The van der Waals surface area contributed by atoms with Gasteiger partial charge >= 0.3 is 0 Å². The third-order valence-corrected chi connectivity index (χ3v) is 3.81. The van der Waals surface area contributed by atoms with E-state index in [-0.39, 0.29) is 18.1 Å². The monoisotopic (exact) mass is 316 g/mol. The Kier molecular flexibility index (Phi) is 4.34. The van der Waals surface area contributed by atoms with E-state index in [0.29, 0.717) is 30.3 Å². The molecule has 23 heavy (non-hydrogen) atoms. The van der Waals surface area contributed by atoms with Gasteiger partial charge in [0.15, 0.2) is 11.5 Å². The van der Waals surface area contributed by atoms with E-state index in [9.17, 15) is 4.79 Å². The highest BCUT2D eigenvalue weighted by Crippen LogP contribution is 2.30. The number of rotatable bonds is 3. The molecule has 2 aromatic rings. The van der Waals surface area contributed by atoms with E-state index in [1.807, 2.05) is 38.1 Å². The Hall–Kier alpha value is -2.34. The second kappa shape index (κ2) is 6.42. The molecule has 2 atom stereocenters. The van der Waals surface area contributed by atoms with Gasteiger partial charge in [-0.1, -0.05) is 17.3 Å². The first kappa shape index (κ1) is 15.6. The van der Waals surface area contributed by atoms with E-state index < -0.39 is 0 Å². The molecule has 122 valence electrons. The summed E-state index contributed by atoms with van der Waals surface area (Å²) in [6.45, 7) is 5.03. The van der Waals surface area contributed by atoms with E-state index >= 15 is 0 Å². The molecule has 3 rings (SSSR count). The van der Waals surface area contributed by atoms with Gasteiger partial charge in [-0.05, 0) is 26.0 Å². The fourth-order valence-electron chi connectivity index (χ4n) is 2.86. The number of methoxy groups -OCH3 is 1. The number of ether oxygens (including phenoxy) is 2. The molecule has 1 aliphatic rings. The number of hydrogen-bond donors (Lipinski definition) is 0. The molecule has 0 unspecified atom stereocenters. The first-order valence-electron chi connectivity index (χ1n) is 7.63. The Morgan fingerprint density at radius 1 is 1.26 bits per heavy atom. The third kappa shape index (κ3) is 3.22. The molecule has 0 N–H and O–H groups in total. The molecule has 1 aliphatic heterocycles. The van der Waals surface area contributed by atoms with Crippen LogP contribution in [0.2, 0.25) is 0 Å². The molecule has 0 radical (unpaired) electrons. The van der Waals surface area contributed by atoms with Crippen molar-refractivity contribution in [3.8, 4) is 17.1 Å². The quantitative estimate of drug-likeness (QED) is 0.871. The van der Waals surface area contributed by atoms with E-state index in [0.717, 1.165) is 5.56 Å². The standard InChI is InChI=1S/C17H20N2O4/c1-11-9-19(10-12(2)22-11)17(20)14-8-16(23-18-14)13-6-4-5-7-15(13)21-3/h4-8,11-12H,9-10H2,1-3H3/t11-,12+. The second-order valence-electron chi connectivity index (χ2n) is 5.74. The smallest absolute Gasteiger partial charge is 0.276 e. The predicted molar refractivity (Wildman–Crippen MR) is 84.4 cm³/mol. The van der Waals surface area contributed by atoms with Crippen LogP contribution < -0.4 is 4.74 Å². The third-order valence-electron chi connectivity index (χ3n) is 3.81. The maximum atomic E-state index is 12.6. The Labute approximate surface area is 135 Å². The zero-order chi connectivity index (χ0) is 16.4. The summed E-state index contributed by atoms with van der Waals surface area (Å²) in [6, 6.07) is 9.12. The number of hydrogen-bond acceptors (Lipinski definition) is 5. The van der Waals surface area contributed by atoms with Crippen LogP contribution >= 0.6 is 0 Å². The average molecular weight is 316 g/mol. The molecule has 6 nitrogen and oxygen atoms in total. The molecule has 0 saturated carbocycles. The predicted octanol–water partition coefficient (Wildman–Crippen LogP) is 2.60. The topological polar surface area (TPSA) is 64.8 Å². The minimum Gasteiger partial charge on any atom is -0.496 e. The summed E-state index contributed by atoms with van der Waals surface area (Å²) in [7, 11) is 1.60. The fourth-order valence-corrected chi connectivity index (χ4v) is 2.86. The molecule has 1 saturated heterocycles. The highest BCUT2D eigenvalue weighted by atomic mass is 16.5. The molecular weight excluding hydrogens is 296 g/mol. The lowest BCUT2D eigenvalue weighted by molar-refractivity contribution is -0.0588. The van der Waals surface area contributed by atoms with Crippen molar-refractivity contribution in [2.75, 3.05) is 20.2 Å². The summed E-state index contributed by atoms with van der Waals surface area (Å²) in [5.74, 6) is 1.05. The SMILES string of the molecule is COc1ccccc1-c1cc(C(=O)N2C[C@@H](C)O[C@@H](C)C2)no1. The second-order valence-corrected chi connectivity index (χ2v) is 5.74. The van der Waals surface area contributed by atoms with Gasteiger partial charge in [-0.2, -0.15) is 0 Å². The number of amides is 1. The molecule has 1 amide bonds. The van der Waals surface area contributed by atoms with Gasteiger partial charge < -0.3 is 18.9 Å². The van der Waals surface area contributed by atoms with Gasteiger partial charge in [0.1, 0.15) is 5.75 Å². The van der Waals surface area contributed by atoms with Crippen molar-refractivity contribution in [2.45, 2.75) is 26.1 Å². The van der Waals surface area contributed by atoms with Gasteiger partial charge in [0.2, 0.25) is 0 Å². The first-order chi connectivity index (χ1) is 11.1. The minimum atomic E-state index is -0.142. The van der Waals surface area contributed by atoms with Crippen LogP contribution in [0, 0.1) is 0 Å². The first-order valence-corrected chi connectivity index (χ1v) is 7.63. The Morgan fingerprint density at radius 3 is 2.65 bits per heavy atom. The molecule has 0 aliphatic carbocycles. The zero-order valence-corrected chi connectivity index (χ0v) is 13.5. The maximum Gasteiger partial charge on any atom is 0.276 e. The lowest BCUT2D eigenvalue weighted by Crippen LogP contribution is -2.48. The van der Waals surface area contributed by atoms with Crippen LogP contribution in [-0.2, 0) is 4.74 Å². The molecule has 1 aromatic carbocycles. The highest BCUT2D eigenvalue weighted by molar-refractivity contribution is 5.93. The molecule has 0 bridgehead atoms. The van der Waals surface area contributed by atoms with Crippen molar-refractivity contribution in [3.05, 3.63) is 36.0 Å². The van der Waals surface area contributed by atoms with Crippen molar-refractivity contribution < 1.29 is 18.8 Å². The lowest BCUT2D eigenvalue weighted by Gasteiger charge is -2.34. The van der Waals surface area contributed by atoms with Crippen molar-refractivity contribution >= 4 is 5.91 Å². The van der Waals surface area contributed by atoms with Gasteiger partial charge in [-0.25, -0.2) is 0 Å². The van der Waals surface area contributed by atoms with Gasteiger partial charge in [-0.3, -0.25) is 4.79 Å². The van der Waals surface area contributed by atoms with E-state index in [1.165, 1.54) is 0 Å². The van der Waals surface area contributed by atoms with Crippen molar-refractivity contribution in [3.63, 3.8) is 0 Å². The van der Waals surface area contributed by atoms with Crippen LogP contribution in [-0.4, -0.2) is 48.4 Å². The number of benzene rings is 1. The van der Waals surface area contributed by atoms with Gasteiger partial charge in [0, 0.05) is 19.2 Å². The molecule has 1 fully saturated rings. The molecular formula is C17H20N2O4. The number of morpholine rings is 1. The molecule has 0 spiro atoms. The molecule has 2 heterocycles. The molecule has 6 heteroatoms. The normalized spacial score (nSPS) is 21.3. The number of nitrogens with zero attached hydrogens (tertiary/aromatic N) is 2. The highest BCUT2D eigenvalue weighted by Gasteiger charge is 2.28. The summed E-state index contributed by atoms with van der Waals surface area (Å²) in [5, 5.41) is 3.93. The Bertz CT molecular complexity index is 687. The van der Waals surface area contributed by atoms with Crippen molar-refractivity contribution in [1.82, 2.24) is 10.1 Å². The zero-order valence-electron chi connectivity index (χ0n) is 13.5. The number of carbonyl (C=O) groups is 1. The van der Waals surface area contributed by atoms with Crippen LogP contribution in [0.4, 0.5) is 0 Å². The van der Waals surface area contributed by atoms with Crippen LogP contribution in [0.3, 0.4) is 0 Å². The summed E-state index contributed by atoms with van der Waals surface area (Å²) in [4.78, 5) is 14.4. The van der Waals surface area contributed by atoms with E-state index in [4.69, 9.17) is 14.0 Å². The van der Waals surface area contributed by atoms with Gasteiger partial charge in [-0.15, -0.1) is 0 Å². The number of carbonyl (C=O) groups excluding carboxylic acids is 1. The lowest BCUT2D eigenvalue weighted by atomic mass is 10.1. The van der Waals surface area contributed by atoms with Crippen molar-refractivity contribution in [2.24, 2.45) is 0 Å². The maximum absolute atomic E-state index is 12.6. The summed E-state index contributed by atoms with van der Waals surface area (Å²) >= 11 is 0. The van der Waals surface area contributed by atoms with Crippen LogP contribution in [0.5, 0.6) is 5.75 Å². The fraction of sp³-hybridized carbons (Fsp3) is 0.412. The summed E-state index contributed by atoms with van der Waals surface area (Å²) in [6.07, 6.45) is 0.0339. The van der Waals surface area contributed by atoms with Gasteiger partial charge in [0.05, 0.1) is 24.9 Å². The average Bonchev–Trinajstić information content (AvgIpc) is 3.03. The number of aromatic nitrogens is 1. The van der Waals surface area contributed by atoms with Gasteiger partial charge in [0.25, 0.3) is 5.91 Å². The number of para-hydroxylation sites is 1. The van der Waals surface area contributed by atoms with Crippen LogP contribution in [0.15, 0.2) is 34.9 Å². The molecule has 1 aromatic heterocycles. The summed E-state index contributed by atoms with van der Waals surface area (Å²) in [5.41, 5.74) is 1.07. The van der Waals surface area contributed by atoms with E-state index in [2.05, 4.69) is 5.16 Å².